The third-order valence-corrected chi connectivity index (χ3v) is 12.8. The average molecular weight is 377 g/mol. The molecule has 0 saturated heterocycles. The van der Waals surface area contributed by atoms with Crippen LogP contribution in [-0.2, 0) is 0 Å². The van der Waals surface area contributed by atoms with Crippen LogP contribution in [0.3, 0.4) is 0 Å². The Morgan fingerprint density at radius 1 is 0.739 bits per heavy atom. The van der Waals surface area contributed by atoms with Gasteiger partial charge in [0.1, 0.15) is 0 Å². The zero-order valence-electron chi connectivity index (χ0n) is 14.2. The predicted octanol–water partition coefficient (Wildman–Crippen LogP) is 3.88. The molecule has 0 aromatic heterocycles. The molecule has 0 bridgehead atoms. The monoisotopic (exact) mass is 378 g/mol. The van der Waals surface area contributed by atoms with Crippen molar-refractivity contribution in [3.05, 3.63) is 85.0 Å². The summed E-state index contributed by atoms with van der Waals surface area (Å²) in [4.78, 5) is 0. The van der Waals surface area contributed by atoms with E-state index in [2.05, 4.69) is 102 Å². The van der Waals surface area contributed by atoms with Gasteiger partial charge in [0.05, 0.1) is 0 Å². The molecule has 1 atom stereocenters. The molecule has 23 heavy (non-hydrogen) atoms. The molecule has 0 N–H and O–H groups in total. The molecule has 1 unspecified atom stereocenters. The Morgan fingerprint density at radius 3 is 1.74 bits per heavy atom. The van der Waals surface area contributed by atoms with Crippen LogP contribution in [0.15, 0.2) is 85.0 Å². The number of rotatable bonds is 3. The van der Waals surface area contributed by atoms with Gasteiger partial charge in [-0.2, -0.15) is 0 Å². The first-order chi connectivity index (χ1) is 11.1. The van der Waals surface area contributed by atoms with Gasteiger partial charge in [-0.3, -0.25) is 0 Å². The van der Waals surface area contributed by atoms with Gasteiger partial charge in [-0.25, -0.2) is 0 Å². The van der Waals surface area contributed by atoms with Gasteiger partial charge in [-0.15, -0.1) is 0 Å². The first-order valence-electron chi connectivity index (χ1n) is 8.27. The van der Waals surface area contributed by atoms with Crippen molar-refractivity contribution >= 4 is 37.2 Å². The van der Waals surface area contributed by atoms with E-state index in [1.54, 1.807) is 5.17 Å². The normalized spacial score (nSPS) is 17.3. The van der Waals surface area contributed by atoms with E-state index in [0.29, 0.717) is 4.75 Å². The second kappa shape index (κ2) is 6.98. The van der Waals surface area contributed by atoms with Crippen molar-refractivity contribution in [3.63, 3.8) is 0 Å². The van der Waals surface area contributed by atoms with Gasteiger partial charge in [-0.1, -0.05) is 0 Å². The number of hydrogen-bond donors (Lipinski definition) is 0. The van der Waals surface area contributed by atoms with Gasteiger partial charge < -0.3 is 0 Å². The van der Waals surface area contributed by atoms with Gasteiger partial charge in [0, 0.05) is 0 Å². The summed E-state index contributed by atoms with van der Waals surface area (Å²) in [5, 5.41) is 4.66. The molecule has 0 nitrogen and oxygen atoms in total. The fourth-order valence-corrected chi connectivity index (χ4v) is 12.7. The Hall–Kier alpha value is -1.45. The van der Waals surface area contributed by atoms with E-state index >= 15 is 0 Å². The van der Waals surface area contributed by atoms with E-state index < -0.39 is 21.7 Å². The van der Waals surface area contributed by atoms with Crippen molar-refractivity contribution in [2.45, 2.75) is 22.0 Å². The van der Waals surface area contributed by atoms with Crippen molar-refractivity contribution in [2.75, 3.05) is 0 Å². The molecule has 0 radical (unpaired) electrons. The standard InChI is InChI=1S/C21H24GeSi/c1-22(2,3)20-16-10-11-17-21(20)23(18-12-6-4-7-13-18)19-14-8-5-9-15-19/h4-17,20H,1-3H3. The van der Waals surface area contributed by atoms with E-state index in [0.717, 1.165) is 0 Å². The van der Waals surface area contributed by atoms with Gasteiger partial charge in [0.25, 0.3) is 0 Å². The molecule has 1 aliphatic rings. The molecule has 2 heteroatoms. The summed E-state index contributed by atoms with van der Waals surface area (Å²) in [6, 6.07) is 22.2. The van der Waals surface area contributed by atoms with Crippen molar-refractivity contribution in [2.24, 2.45) is 0 Å². The Labute approximate surface area is 144 Å². The zero-order valence-corrected chi connectivity index (χ0v) is 17.3. The molecule has 0 fully saturated rings. The van der Waals surface area contributed by atoms with Gasteiger partial charge in [-0.05, 0) is 0 Å². The van der Waals surface area contributed by atoms with Crippen LogP contribution in [0.1, 0.15) is 0 Å². The minimum atomic E-state index is -1.83. The van der Waals surface area contributed by atoms with Crippen LogP contribution in [0.2, 0.25) is 22.0 Å². The van der Waals surface area contributed by atoms with E-state index in [1.807, 2.05) is 0 Å². The molecule has 2 aromatic rings. The fourth-order valence-electron chi connectivity index (χ4n) is 3.25. The first-order valence-corrected chi connectivity index (χ1v) is 17.3. The van der Waals surface area contributed by atoms with Crippen LogP contribution in [0.4, 0.5) is 0 Å². The van der Waals surface area contributed by atoms with Crippen LogP contribution in [0, 0.1) is 0 Å². The van der Waals surface area contributed by atoms with Crippen molar-refractivity contribution in [1.82, 2.24) is 0 Å². The molecular weight excluding hydrogens is 353 g/mol. The number of benzene rings is 2. The Balaban J connectivity index is 2.26. The van der Waals surface area contributed by atoms with Crippen LogP contribution < -0.4 is 10.4 Å². The van der Waals surface area contributed by atoms with E-state index in [9.17, 15) is 0 Å². The molecule has 0 aliphatic heterocycles. The average Bonchev–Trinajstić information content (AvgIpc) is 2.57. The summed E-state index contributed by atoms with van der Waals surface area (Å²) in [5.41, 5.74) is 0. The molecule has 0 heterocycles. The van der Waals surface area contributed by atoms with E-state index in [1.165, 1.54) is 10.4 Å². The molecular formula is C21H24GeSi. The van der Waals surface area contributed by atoms with Gasteiger partial charge >= 0.3 is 144 Å². The Morgan fingerprint density at radius 2 is 1.26 bits per heavy atom. The molecule has 0 amide bonds. The van der Waals surface area contributed by atoms with Crippen LogP contribution in [0.5, 0.6) is 0 Å². The number of allylic oxidation sites excluding steroid dienone is 4. The SMILES string of the molecule is [CH3][Ge]([CH3])([CH3])[CH]1C=CC=CC1=[Si](c1ccccc1)c1ccccc1. The van der Waals surface area contributed by atoms with Crippen LogP contribution in [-0.4, -0.2) is 26.8 Å². The Kier molecular flexibility index (Phi) is 4.98. The second-order valence-corrected chi connectivity index (χ2v) is 20.9. The second-order valence-electron chi connectivity index (χ2n) is 7.15. The Bertz CT molecular complexity index is 708. The first kappa shape index (κ1) is 16.4. The molecule has 116 valence electrons. The number of hydrogen-bond acceptors (Lipinski definition) is 0. The van der Waals surface area contributed by atoms with Crippen molar-refractivity contribution in [3.8, 4) is 0 Å². The minimum absolute atomic E-state index is 0.675. The summed E-state index contributed by atoms with van der Waals surface area (Å²) < 4.78 is 0.675. The van der Waals surface area contributed by atoms with Gasteiger partial charge in [0.15, 0.2) is 0 Å². The van der Waals surface area contributed by atoms with Gasteiger partial charge in [0.2, 0.25) is 0 Å². The van der Waals surface area contributed by atoms with E-state index in [-0.39, 0.29) is 0 Å². The molecule has 0 spiro atoms. The summed E-state index contributed by atoms with van der Waals surface area (Å²) in [6.45, 7) is 0. The predicted molar refractivity (Wildman–Crippen MR) is 108 cm³/mol. The zero-order chi connectivity index (χ0) is 16.3. The molecule has 3 rings (SSSR count). The van der Waals surface area contributed by atoms with Crippen molar-refractivity contribution < 1.29 is 0 Å². The topological polar surface area (TPSA) is 0 Å². The molecule has 1 aliphatic carbocycles. The molecule has 0 saturated carbocycles. The van der Waals surface area contributed by atoms with Crippen LogP contribution in [0.25, 0.3) is 0 Å². The summed E-state index contributed by atoms with van der Waals surface area (Å²) in [6.07, 6.45) is 9.36. The maximum atomic E-state index is 2.53. The summed E-state index contributed by atoms with van der Waals surface area (Å²) >= 11 is -1.83. The summed E-state index contributed by atoms with van der Waals surface area (Å²) in [5.74, 6) is 7.59. The van der Waals surface area contributed by atoms with Crippen molar-refractivity contribution in [1.29, 1.82) is 0 Å². The molecule has 2 aromatic carbocycles. The quantitative estimate of drug-likeness (QED) is 0.713. The fraction of sp³-hybridized carbons (Fsp3) is 0.190. The van der Waals surface area contributed by atoms with Crippen LogP contribution >= 0.6 is 0 Å². The maximum absolute atomic E-state index is 2.53. The third kappa shape index (κ3) is 3.73. The third-order valence-electron chi connectivity index (χ3n) is 4.37. The van der Waals surface area contributed by atoms with E-state index in [4.69, 9.17) is 0 Å². The summed E-state index contributed by atoms with van der Waals surface area (Å²) in [7, 11) is -0.906.